The van der Waals surface area contributed by atoms with Crippen molar-refractivity contribution in [2.24, 2.45) is 0 Å². The van der Waals surface area contributed by atoms with Crippen LogP contribution in [0.15, 0.2) is 5.38 Å². The number of nitrogens with zero attached hydrogens (tertiary/aromatic N) is 2. The van der Waals surface area contributed by atoms with Crippen LogP contribution in [0.1, 0.15) is 39.0 Å². The van der Waals surface area contributed by atoms with Gasteiger partial charge in [0.2, 0.25) is 0 Å². The summed E-state index contributed by atoms with van der Waals surface area (Å²) in [7, 11) is 0. The van der Waals surface area contributed by atoms with Gasteiger partial charge < -0.3 is 10.6 Å². The molecule has 1 aliphatic heterocycles. The zero-order chi connectivity index (χ0) is 10.7. The standard InChI is InChI=1S/C11H19N3S/c1-2-5-9-6-3-4-7-14(9)10-8-15-11(12)13-10/h8-9H,2-7H2,1H3,(H2,12,13). The molecule has 1 atom stereocenters. The third-order valence-corrected chi connectivity index (χ3v) is 3.71. The molecule has 0 aromatic carbocycles. The van der Waals surface area contributed by atoms with Crippen LogP contribution in [0.25, 0.3) is 0 Å². The predicted molar refractivity (Wildman–Crippen MR) is 66.4 cm³/mol. The summed E-state index contributed by atoms with van der Waals surface area (Å²) in [6, 6.07) is 0.685. The van der Waals surface area contributed by atoms with Gasteiger partial charge in [0, 0.05) is 18.0 Å². The molecule has 15 heavy (non-hydrogen) atoms. The van der Waals surface area contributed by atoms with Crippen molar-refractivity contribution in [1.82, 2.24) is 4.98 Å². The third-order valence-electron chi connectivity index (χ3n) is 3.05. The molecule has 0 aliphatic carbocycles. The minimum absolute atomic E-state index is 0.685. The van der Waals surface area contributed by atoms with Crippen LogP contribution in [-0.4, -0.2) is 17.6 Å². The van der Waals surface area contributed by atoms with Crippen LogP contribution in [0.4, 0.5) is 10.9 Å². The molecule has 0 bridgehead atoms. The van der Waals surface area contributed by atoms with Crippen LogP contribution >= 0.6 is 11.3 Å². The van der Waals surface area contributed by atoms with Gasteiger partial charge in [-0.25, -0.2) is 4.98 Å². The highest BCUT2D eigenvalue weighted by atomic mass is 32.1. The number of thiazole rings is 1. The molecule has 84 valence electrons. The second-order valence-corrected chi connectivity index (χ2v) is 5.07. The minimum Gasteiger partial charge on any atom is -0.375 e. The molecule has 1 unspecified atom stereocenters. The maximum atomic E-state index is 5.69. The lowest BCUT2D eigenvalue weighted by Gasteiger charge is -2.35. The van der Waals surface area contributed by atoms with E-state index in [-0.39, 0.29) is 0 Å². The summed E-state index contributed by atoms with van der Waals surface area (Å²) in [5.74, 6) is 1.09. The lowest BCUT2D eigenvalue weighted by Crippen LogP contribution is -2.39. The van der Waals surface area contributed by atoms with Gasteiger partial charge in [0.1, 0.15) is 5.82 Å². The lowest BCUT2D eigenvalue weighted by atomic mass is 9.98. The number of hydrogen-bond donors (Lipinski definition) is 1. The van der Waals surface area contributed by atoms with Crippen LogP contribution in [0, 0.1) is 0 Å². The minimum atomic E-state index is 0.685. The fraction of sp³-hybridized carbons (Fsp3) is 0.727. The van der Waals surface area contributed by atoms with Gasteiger partial charge in [-0.3, -0.25) is 0 Å². The molecular formula is C11H19N3S. The topological polar surface area (TPSA) is 42.1 Å². The van der Waals surface area contributed by atoms with Crippen LogP contribution in [0.5, 0.6) is 0 Å². The molecule has 2 heterocycles. The van der Waals surface area contributed by atoms with Gasteiger partial charge in [0.25, 0.3) is 0 Å². The molecule has 3 nitrogen and oxygen atoms in total. The number of piperidine rings is 1. The summed E-state index contributed by atoms with van der Waals surface area (Å²) in [5, 5.41) is 2.77. The second-order valence-electron chi connectivity index (χ2n) is 4.18. The van der Waals surface area contributed by atoms with Gasteiger partial charge in [0.15, 0.2) is 5.13 Å². The molecular weight excluding hydrogens is 206 g/mol. The molecule has 4 heteroatoms. The molecule has 1 saturated heterocycles. The first-order chi connectivity index (χ1) is 7.31. The molecule has 0 amide bonds. The quantitative estimate of drug-likeness (QED) is 0.860. The van der Waals surface area contributed by atoms with Gasteiger partial charge in [-0.15, -0.1) is 11.3 Å². The van der Waals surface area contributed by atoms with Crippen LogP contribution < -0.4 is 10.6 Å². The average molecular weight is 225 g/mol. The van der Waals surface area contributed by atoms with Gasteiger partial charge >= 0.3 is 0 Å². The average Bonchev–Trinajstić information content (AvgIpc) is 2.66. The number of hydrogen-bond acceptors (Lipinski definition) is 4. The lowest BCUT2D eigenvalue weighted by molar-refractivity contribution is 0.432. The molecule has 1 aromatic heterocycles. The SMILES string of the molecule is CCCC1CCCCN1c1csc(N)n1. The number of aromatic nitrogens is 1. The smallest absolute Gasteiger partial charge is 0.182 e. The van der Waals surface area contributed by atoms with E-state index >= 15 is 0 Å². The van der Waals surface area contributed by atoms with Crippen molar-refractivity contribution in [3.63, 3.8) is 0 Å². The normalized spacial score (nSPS) is 21.9. The number of anilines is 2. The largest absolute Gasteiger partial charge is 0.375 e. The van der Waals surface area contributed by atoms with E-state index in [1.807, 2.05) is 0 Å². The molecule has 1 fully saturated rings. The Hall–Kier alpha value is -0.770. The fourth-order valence-corrected chi connectivity index (χ4v) is 2.91. The summed E-state index contributed by atoms with van der Waals surface area (Å²) in [6.45, 7) is 3.40. The first-order valence-electron chi connectivity index (χ1n) is 5.79. The zero-order valence-corrected chi connectivity index (χ0v) is 10.1. The first-order valence-corrected chi connectivity index (χ1v) is 6.67. The Morgan fingerprint density at radius 3 is 3.13 bits per heavy atom. The van der Waals surface area contributed by atoms with Crippen molar-refractivity contribution >= 4 is 22.3 Å². The van der Waals surface area contributed by atoms with E-state index < -0.39 is 0 Å². The fourth-order valence-electron chi connectivity index (χ4n) is 2.35. The molecule has 0 radical (unpaired) electrons. The van der Waals surface area contributed by atoms with Gasteiger partial charge in [0.05, 0.1) is 0 Å². The van der Waals surface area contributed by atoms with Crippen LogP contribution in [0.3, 0.4) is 0 Å². The number of nitrogen functional groups attached to an aromatic ring is 1. The summed E-state index contributed by atoms with van der Waals surface area (Å²) in [6.07, 6.45) is 6.49. The molecule has 0 saturated carbocycles. The number of rotatable bonds is 3. The van der Waals surface area contributed by atoms with Crippen molar-refractivity contribution in [2.75, 3.05) is 17.2 Å². The molecule has 2 N–H and O–H groups in total. The summed E-state index contributed by atoms with van der Waals surface area (Å²) < 4.78 is 0. The maximum absolute atomic E-state index is 5.69. The highest BCUT2D eigenvalue weighted by molar-refractivity contribution is 7.13. The Labute approximate surface area is 95.3 Å². The van der Waals surface area contributed by atoms with Crippen molar-refractivity contribution in [3.05, 3.63) is 5.38 Å². The second kappa shape index (κ2) is 4.84. The third kappa shape index (κ3) is 2.43. The Morgan fingerprint density at radius 1 is 1.60 bits per heavy atom. The highest BCUT2D eigenvalue weighted by Crippen LogP contribution is 2.28. The van der Waals surface area contributed by atoms with E-state index in [0.29, 0.717) is 11.2 Å². The predicted octanol–water partition coefficient (Wildman–Crippen LogP) is 2.88. The van der Waals surface area contributed by atoms with Crippen molar-refractivity contribution in [3.8, 4) is 0 Å². The van der Waals surface area contributed by atoms with Gasteiger partial charge in [-0.1, -0.05) is 13.3 Å². The van der Waals surface area contributed by atoms with E-state index in [0.717, 1.165) is 12.4 Å². The molecule has 0 spiro atoms. The van der Waals surface area contributed by atoms with E-state index in [1.165, 1.54) is 32.1 Å². The summed E-state index contributed by atoms with van der Waals surface area (Å²) >= 11 is 1.54. The molecule has 1 aliphatic rings. The number of nitrogens with two attached hydrogens (primary N) is 1. The van der Waals surface area contributed by atoms with Gasteiger partial charge in [-0.2, -0.15) is 0 Å². The van der Waals surface area contributed by atoms with Gasteiger partial charge in [-0.05, 0) is 25.7 Å². The highest BCUT2D eigenvalue weighted by Gasteiger charge is 2.23. The van der Waals surface area contributed by atoms with Crippen molar-refractivity contribution < 1.29 is 0 Å². The van der Waals surface area contributed by atoms with Crippen molar-refractivity contribution in [1.29, 1.82) is 0 Å². The maximum Gasteiger partial charge on any atom is 0.182 e. The first kappa shape index (κ1) is 10.7. The Morgan fingerprint density at radius 2 is 2.47 bits per heavy atom. The van der Waals surface area contributed by atoms with E-state index in [4.69, 9.17) is 5.73 Å². The Bertz CT molecular complexity index is 309. The Kier molecular flexibility index (Phi) is 3.46. The molecule has 2 rings (SSSR count). The van der Waals surface area contributed by atoms with Crippen LogP contribution in [0.2, 0.25) is 0 Å². The van der Waals surface area contributed by atoms with E-state index in [9.17, 15) is 0 Å². The van der Waals surface area contributed by atoms with Crippen molar-refractivity contribution in [2.45, 2.75) is 45.1 Å². The van der Waals surface area contributed by atoms with E-state index in [2.05, 4.69) is 22.2 Å². The van der Waals surface area contributed by atoms with E-state index in [1.54, 1.807) is 11.3 Å². The zero-order valence-electron chi connectivity index (χ0n) is 9.28. The Balaban J connectivity index is 2.10. The summed E-state index contributed by atoms with van der Waals surface area (Å²) in [5.41, 5.74) is 5.69. The summed E-state index contributed by atoms with van der Waals surface area (Å²) in [4.78, 5) is 6.83. The molecule has 1 aromatic rings. The van der Waals surface area contributed by atoms with Crippen LogP contribution in [-0.2, 0) is 0 Å². The monoisotopic (exact) mass is 225 g/mol.